The van der Waals surface area contributed by atoms with Crippen molar-refractivity contribution in [2.24, 2.45) is 0 Å². The van der Waals surface area contributed by atoms with E-state index in [4.69, 9.17) is 4.74 Å². The summed E-state index contributed by atoms with van der Waals surface area (Å²) < 4.78 is 6.17. The van der Waals surface area contributed by atoms with E-state index in [1.165, 1.54) is 0 Å². The summed E-state index contributed by atoms with van der Waals surface area (Å²) in [5.41, 5.74) is 0.736. The molecule has 4 heteroatoms. The van der Waals surface area contributed by atoms with Gasteiger partial charge in [0.2, 0.25) is 0 Å². The number of hydrogen-bond acceptors (Lipinski definition) is 3. The maximum absolute atomic E-state index is 10.6. The highest BCUT2D eigenvalue weighted by Gasteiger charge is 2.33. The molecule has 2 N–H and O–H groups in total. The van der Waals surface area contributed by atoms with Crippen molar-refractivity contribution in [2.45, 2.75) is 25.0 Å². The molecule has 0 spiro atoms. The summed E-state index contributed by atoms with van der Waals surface area (Å²) in [4.78, 5) is 0. The summed E-state index contributed by atoms with van der Waals surface area (Å²) in [6.07, 6.45) is 1.16. The van der Waals surface area contributed by atoms with Gasteiger partial charge in [0.15, 0.2) is 0 Å². The molecule has 88 valence electrons. The highest BCUT2D eigenvalue weighted by atomic mass is 79.9. The molecule has 1 saturated heterocycles. The third-order valence-corrected chi connectivity index (χ3v) is 3.56. The molecule has 0 saturated carbocycles. The Kier molecular flexibility index (Phi) is 3.64. The van der Waals surface area contributed by atoms with Gasteiger partial charge < -0.3 is 14.9 Å². The molecule has 1 fully saturated rings. The Morgan fingerprint density at radius 2 is 2.00 bits per heavy atom. The van der Waals surface area contributed by atoms with E-state index >= 15 is 0 Å². The minimum Gasteiger partial charge on any atom is -0.392 e. The average Bonchev–Trinajstić information content (AvgIpc) is 2.30. The first kappa shape index (κ1) is 12.0. The van der Waals surface area contributed by atoms with Crippen molar-refractivity contribution < 1.29 is 14.9 Å². The van der Waals surface area contributed by atoms with Crippen LogP contribution in [0.5, 0.6) is 0 Å². The minimum absolute atomic E-state index is 0.0498. The molecule has 0 atom stereocenters. The van der Waals surface area contributed by atoms with Crippen LogP contribution in [0.15, 0.2) is 22.7 Å². The van der Waals surface area contributed by atoms with Gasteiger partial charge in [-0.15, -0.1) is 0 Å². The highest BCUT2D eigenvalue weighted by Crippen LogP contribution is 2.35. The fraction of sp³-hybridized carbons (Fsp3) is 0.500. The van der Waals surface area contributed by atoms with Gasteiger partial charge in [0.25, 0.3) is 0 Å². The number of hydrogen-bond donors (Lipinski definition) is 2. The quantitative estimate of drug-likeness (QED) is 0.874. The van der Waals surface area contributed by atoms with Crippen LogP contribution in [0, 0.1) is 0 Å². The zero-order valence-corrected chi connectivity index (χ0v) is 10.5. The largest absolute Gasteiger partial charge is 0.392 e. The third kappa shape index (κ3) is 2.30. The number of halogens is 1. The molecule has 1 heterocycles. The lowest BCUT2D eigenvalue weighted by molar-refractivity contribution is -0.0688. The Bertz CT molecular complexity index is 373. The lowest BCUT2D eigenvalue weighted by atomic mass is 9.84. The van der Waals surface area contributed by atoms with E-state index in [1.54, 1.807) is 0 Å². The van der Waals surface area contributed by atoms with Crippen molar-refractivity contribution >= 4 is 15.9 Å². The summed E-state index contributed by atoms with van der Waals surface area (Å²) in [6, 6.07) is 5.60. The lowest BCUT2D eigenvalue weighted by Gasteiger charge is -2.34. The Balaban J connectivity index is 2.40. The van der Waals surface area contributed by atoms with Crippen LogP contribution in [0.1, 0.15) is 24.0 Å². The number of benzene rings is 1. The lowest BCUT2D eigenvalue weighted by Crippen LogP contribution is -2.34. The van der Waals surface area contributed by atoms with E-state index in [-0.39, 0.29) is 6.61 Å². The Morgan fingerprint density at radius 3 is 2.62 bits per heavy atom. The van der Waals surface area contributed by atoms with Crippen molar-refractivity contribution in [1.29, 1.82) is 0 Å². The summed E-state index contributed by atoms with van der Waals surface area (Å²) >= 11 is 3.39. The third-order valence-electron chi connectivity index (χ3n) is 3.06. The van der Waals surface area contributed by atoms with E-state index < -0.39 is 5.60 Å². The van der Waals surface area contributed by atoms with Gasteiger partial charge in [-0.1, -0.05) is 22.0 Å². The van der Waals surface area contributed by atoms with Crippen LogP contribution in [0.2, 0.25) is 0 Å². The molecule has 1 aromatic carbocycles. The SMILES string of the molecule is OCc1ccc(Br)cc1C1(O)CCOCC1. The average molecular weight is 287 g/mol. The second kappa shape index (κ2) is 4.84. The Morgan fingerprint density at radius 1 is 1.31 bits per heavy atom. The van der Waals surface area contributed by atoms with E-state index in [0.29, 0.717) is 26.1 Å². The van der Waals surface area contributed by atoms with E-state index in [1.807, 2.05) is 18.2 Å². The van der Waals surface area contributed by atoms with E-state index in [0.717, 1.165) is 15.6 Å². The maximum Gasteiger partial charge on any atom is 0.0944 e. The summed E-state index contributed by atoms with van der Waals surface area (Å²) in [6.45, 7) is 1.08. The van der Waals surface area contributed by atoms with Gasteiger partial charge in [-0.25, -0.2) is 0 Å². The van der Waals surface area contributed by atoms with Crippen LogP contribution in [0.4, 0.5) is 0 Å². The van der Waals surface area contributed by atoms with Gasteiger partial charge >= 0.3 is 0 Å². The molecule has 16 heavy (non-hydrogen) atoms. The van der Waals surface area contributed by atoms with Gasteiger partial charge in [-0.3, -0.25) is 0 Å². The fourth-order valence-corrected chi connectivity index (χ4v) is 2.46. The van der Waals surface area contributed by atoms with Crippen LogP contribution in [-0.2, 0) is 16.9 Å². The van der Waals surface area contributed by atoms with Gasteiger partial charge in [0.1, 0.15) is 0 Å². The molecule has 1 aliphatic rings. The van der Waals surface area contributed by atoms with Crippen LogP contribution < -0.4 is 0 Å². The molecule has 0 unspecified atom stereocenters. The molecule has 0 aromatic heterocycles. The molecular formula is C12H15BrO3. The molecule has 0 radical (unpaired) electrons. The second-order valence-corrected chi connectivity index (χ2v) is 5.02. The number of aliphatic hydroxyl groups is 2. The van der Waals surface area contributed by atoms with Crippen LogP contribution in [-0.4, -0.2) is 23.4 Å². The molecule has 3 nitrogen and oxygen atoms in total. The molecule has 1 aromatic rings. The van der Waals surface area contributed by atoms with Crippen molar-refractivity contribution in [3.05, 3.63) is 33.8 Å². The maximum atomic E-state index is 10.6. The van der Waals surface area contributed by atoms with Gasteiger partial charge in [-0.2, -0.15) is 0 Å². The van der Waals surface area contributed by atoms with Crippen LogP contribution >= 0.6 is 15.9 Å². The summed E-state index contributed by atoms with van der Waals surface area (Å²) in [5, 5.41) is 19.9. The molecule has 0 amide bonds. The first-order valence-corrected chi connectivity index (χ1v) is 6.15. The molecular weight excluding hydrogens is 272 g/mol. The topological polar surface area (TPSA) is 49.7 Å². The smallest absolute Gasteiger partial charge is 0.0944 e. The predicted octanol–water partition coefficient (Wildman–Crippen LogP) is 1.94. The Hall–Kier alpha value is -0.420. The Labute approximate surface area is 103 Å². The second-order valence-electron chi connectivity index (χ2n) is 4.10. The van der Waals surface area contributed by atoms with Crippen molar-refractivity contribution in [3.63, 3.8) is 0 Å². The standard InChI is InChI=1S/C12H15BrO3/c13-10-2-1-9(8-14)11(7-10)12(15)3-5-16-6-4-12/h1-2,7,14-15H,3-6,8H2. The summed E-state index contributed by atoms with van der Waals surface area (Å²) in [5.74, 6) is 0. The number of aliphatic hydroxyl groups excluding tert-OH is 1. The number of rotatable bonds is 2. The first-order valence-electron chi connectivity index (χ1n) is 5.35. The highest BCUT2D eigenvalue weighted by molar-refractivity contribution is 9.10. The van der Waals surface area contributed by atoms with Gasteiger partial charge in [0.05, 0.1) is 12.2 Å². The molecule has 2 rings (SSSR count). The fourth-order valence-electron chi connectivity index (χ4n) is 2.10. The van der Waals surface area contributed by atoms with Gasteiger partial charge in [0, 0.05) is 30.5 Å². The molecule has 1 aliphatic heterocycles. The minimum atomic E-state index is -0.861. The number of ether oxygens (including phenoxy) is 1. The summed E-state index contributed by atoms with van der Waals surface area (Å²) in [7, 11) is 0. The van der Waals surface area contributed by atoms with E-state index in [2.05, 4.69) is 15.9 Å². The van der Waals surface area contributed by atoms with Crippen LogP contribution in [0.25, 0.3) is 0 Å². The monoisotopic (exact) mass is 286 g/mol. The molecule has 0 bridgehead atoms. The normalized spacial score (nSPS) is 19.7. The van der Waals surface area contributed by atoms with Gasteiger partial charge in [-0.05, 0) is 23.3 Å². The molecule has 0 aliphatic carbocycles. The van der Waals surface area contributed by atoms with Crippen molar-refractivity contribution in [3.8, 4) is 0 Å². The van der Waals surface area contributed by atoms with Crippen molar-refractivity contribution in [1.82, 2.24) is 0 Å². The predicted molar refractivity (Wildman–Crippen MR) is 64.0 cm³/mol. The van der Waals surface area contributed by atoms with Crippen LogP contribution in [0.3, 0.4) is 0 Å². The van der Waals surface area contributed by atoms with Crippen molar-refractivity contribution in [2.75, 3.05) is 13.2 Å². The van der Waals surface area contributed by atoms with E-state index in [9.17, 15) is 10.2 Å². The first-order chi connectivity index (χ1) is 7.65. The zero-order chi connectivity index (χ0) is 11.6. The zero-order valence-electron chi connectivity index (χ0n) is 8.95.